The molecule has 2 heterocycles. The Kier molecular flexibility index (Phi) is 4.68. The molecule has 2 aromatic heterocycles. The lowest BCUT2D eigenvalue weighted by molar-refractivity contribution is 0.0979. The predicted molar refractivity (Wildman–Crippen MR) is 110 cm³/mol. The van der Waals surface area contributed by atoms with Gasteiger partial charge in [0.15, 0.2) is 10.8 Å². The Labute approximate surface area is 165 Å². The number of thiazole rings is 1. The number of halogens is 1. The summed E-state index contributed by atoms with van der Waals surface area (Å²) >= 11 is 7.55. The number of carbonyl (C=O) groups is 1. The zero-order chi connectivity index (χ0) is 19.0. The van der Waals surface area contributed by atoms with Gasteiger partial charge >= 0.3 is 0 Å². The van der Waals surface area contributed by atoms with Crippen LogP contribution in [-0.2, 0) is 13.6 Å². The molecule has 0 N–H and O–H groups in total. The van der Waals surface area contributed by atoms with Crippen LogP contribution in [0.15, 0.2) is 54.7 Å². The van der Waals surface area contributed by atoms with Crippen molar-refractivity contribution < 1.29 is 4.79 Å². The van der Waals surface area contributed by atoms with Crippen molar-refractivity contribution in [1.82, 2.24) is 14.8 Å². The highest BCUT2D eigenvalue weighted by Gasteiger charge is 2.25. The molecule has 27 heavy (non-hydrogen) atoms. The van der Waals surface area contributed by atoms with E-state index in [-0.39, 0.29) is 5.91 Å². The summed E-state index contributed by atoms with van der Waals surface area (Å²) in [5.41, 5.74) is 3.12. The monoisotopic (exact) mass is 396 g/mol. The molecule has 0 aliphatic carbocycles. The Morgan fingerprint density at radius 2 is 2.00 bits per heavy atom. The largest absolute Gasteiger partial charge is 0.281 e. The molecule has 0 atom stereocenters. The van der Waals surface area contributed by atoms with E-state index in [4.69, 9.17) is 11.6 Å². The minimum Gasteiger partial charge on any atom is -0.278 e. The van der Waals surface area contributed by atoms with E-state index in [0.29, 0.717) is 22.4 Å². The summed E-state index contributed by atoms with van der Waals surface area (Å²) in [6, 6.07) is 15.4. The fourth-order valence-electron chi connectivity index (χ4n) is 2.94. The van der Waals surface area contributed by atoms with Gasteiger partial charge in [0, 0.05) is 23.8 Å². The van der Waals surface area contributed by atoms with Crippen LogP contribution in [0.3, 0.4) is 0 Å². The summed E-state index contributed by atoms with van der Waals surface area (Å²) in [6.45, 7) is 2.31. The number of aryl methyl sites for hydroxylation is 2. The van der Waals surface area contributed by atoms with Crippen LogP contribution in [-0.4, -0.2) is 20.7 Å². The lowest BCUT2D eigenvalue weighted by atomic mass is 10.2. The summed E-state index contributed by atoms with van der Waals surface area (Å²) in [5, 5.41) is 5.63. The van der Waals surface area contributed by atoms with Gasteiger partial charge in [-0.25, -0.2) is 4.98 Å². The van der Waals surface area contributed by atoms with Crippen molar-refractivity contribution >= 4 is 44.2 Å². The third kappa shape index (κ3) is 3.59. The number of anilines is 1. The second kappa shape index (κ2) is 7.13. The van der Waals surface area contributed by atoms with Crippen LogP contribution in [0.1, 0.15) is 21.6 Å². The summed E-state index contributed by atoms with van der Waals surface area (Å²) in [7, 11) is 1.81. The van der Waals surface area contributed by atoms with E-state index in [1.807, 2.05) is 62.6 Å². The Morgan fingerprint density at radius 1 is 1.22 bits per heavy atom. The lowest BCUT2D eigenvalue weighted by Gasteiger charge is -2.19. The predicted octanol–water partition coefficient (Wildman–Crippen LogP) is 4.84. The van der Waals surface area contributed by atoms with Crippen LogP contribution >= 0.6 is 22.9 Å². The first-order valence-corrected chi connectivity index (χ1v) is 9.63. The third-order valence-electron chi connectivity index (χ3n) is 4.21. The molecular weight excluding hydrogens is 380 g/mol. The van der Waals surface area contributed by atoms with E-state index in [1.165, 1.54) is 11.3 Å². The van der Waals surface area contributed by atoms with Crippen molar-refractivity contribution in [3.8, 4) is 0 Å². The van der Waals surface area contributed by atoms with Gasteiger partial charge < -0.3 is 0 Å². The van der Waals surface area contributed by atoms with Crippen LogP contribution in [0.4, 0.5) is 5.13 Å². The molecule has 0 saturated carbocycles. The van der Waals surface area contributed by atoms with Crippen molar-refractivity contribution in [1.29, 1.82) is 0 Å². The number of nitrogens with zero attached hydrogens (tertiary/aromatic N) is 4. The molecule has 0 fully saturated rings. The summed E-state index contributed by atoms with van der Waals surface area (Å²) in [6.07, 6.45) is 1.84. The van der Waals surface area contributed by atoms with E-state index in [9.17, 15) is 4.79 Å². The molecule has 5 nitrogen and oxygen atoms in total. The molecule has 7 heteroatoms. The van der Waals surface area contributed by atoms with Crippen molar-refractivity contribution in [2.24, 2.45) is 7.05 Å². The minimum absolute atomic E-state index is 0.165. The van der Waals surface area contributed by atoms with Crippen molar-refractivity contribution in [2.75, 3.05) is 4.90 Å². The molecule has 4 aromatic rings. The number of benzene rings is 2. The van der Waals surface area contributed by atoms with Gasteiger partial charge in [-0.15, -0.1) is 0 Å². The first-order valence-electron chi connectivity index (χ1n) is 8.43. The Balaban J connectivity index is 1.79. The number of rotatable bonds is 4. The minimum atomic E-state index is -0.165. The van der Waals surface area contributed by atoms with Gasteiger partial charge in [0.2, 0.25) is 0 Å². The number of amides is 1. The van der Waals surface area contributed by atoms with E-state index in [1.54, 1.807) is 15.6 Å². The quantitative estimate of drug-likeness (QED) is 0.496. The molecule has 0 spiro atoms. The van der Waals surface area contributed by atoms with Gasteiger partial charge in [0.1, 0.15) is 0 Å². The number of carbonyl (C=O) groups excluding carboxylic acids is 1. The Bertz CT molecular complexity index is 1120. The normalized spacial score (nSPS) is 11.1. The molecule has 0 saturated heterocycles. The van der Waals surface area contributed by atoms with E-state index in [2.05, 4.69) is 10.1 Å². The molecule has 2 aromatic carbocycles. The third-order valence-corrected chi connectivity index (χ3v) is 5.49. The molecule has 0 unspecified atom stereocenters. The summed E-state index contributed by atoms with van der Waals surface area (Å²) in [5.74, 6) is -0.165. The van der Waals surface area contributed by atoms with Gasteiger partial charge in [-0.05, 0) is 30.7 Å². The van der Waals surface area contributed by atoms with Gasteiger partial charge in [0.05, 0.1) is 16.8 Å². The Hall–Kier alpha value is -2.70. The fourth-order valence-corrected chi connectivity index (χ4v) is 4.18. The fraction of sp³-hybridized carbons (Fsp3) is 0.150. The lowest BCUT2D eigenvalue weighted by Crippen LogP contribution is -2.31. The van der Waals surface area contributed by atoms with Crippen LogP contribution in [0.25, 0.3) is 10.2 Å². The molecule has 136 valence electrons. The highest BCUT2D eigenvalue weighted by atomic mass is 35.5. The topological polar surface area (TPSA) is 51.0 Å². The van der Waals surface area contributed by atoms with Crippen molar-refractivity contribution in [3.63, 3.8) is 0 Å². The van der Waals surface area contributed by atoms with E-state index in [0.717, 1.165) is 21.3 Å². The summed E-state index contributed by atoms with van der Waals surface area (Å²) < 4.78 is 2.60. The van der Waals surface area contributed by atoms with Crippen molar-refractivity contribution in [2.45, 2.75) is 13.5 Å². The van der Waals surface area contributed by atoms with E-state index >= 15 is 0 Å². The second-order valence-electron chi connectivity index (χ2n) is 6.32. The number of aromatic nitrogens is 3. The average Bonchev–Trinajstić information content (AvgIpc) is 3.22. The molecule has 0 aliphatic heterocycles. The van der Waals surface area contributed by atoms with Crippen LogP contribution < -0.4 is 4.90 Å². The average molecular weight is 397 g/mol. The maximum Gasteiger partial charge on any atom is 0.281 e. The zero-order valence-electron chi connectivity index (χ0n) is 14.9. The Morgan fingerprint density at radius 3 is 2.70 bits per heavy atom. The second-order valence-corrected chi connectivity index (χ2v) is 7.77. The molecule has 4 rings (SSSR count). The number of hydrogen-bond acceptors (Lipinski definition) is 4. The first-order chi connectivity index (χ1) is 13.0. The maximum atomic E-state index is 13.3. The smallest absolute Gasteiger partial charge is 0.278 e. The van der Waals surface area contributed by atoms with Gasteiger partial charge in [-0.2, -0.15) is 5.10 Å². The van der Waals surface area contributed by atoms with Gasteiger partial charge in [0.25, 0.3) is 5.91 Å². The first kappa shape index (κ1) is 17.7. The van der Waals surface area contributed by atoms with Crippen LogP contribution in [0.2, 0.25) is 5.02 Å². The molecular formula is C20H17ClN4OS. The standard InChI is InChI=1S/C20H17ClN4OS/c1-13-11-24(2)23-18(13)19(26)25(12-14-6-4-3-5-7-14)20-22-16-9-8-15(21)10-17(16)27-20/h3-11H,12H2,1-2H3. The number of fused-ring (bicyclic) bond motifs is 1. The van der Waals surface area contributed by atoms with E-state index < -0.39 is 0 Å². The molecule has 0 aliphatic rings. The maximum absolute atomic E-state index is 13.3. The highest BCUT2D eigenvalue weighted by molar-refractivity contribution is 7.22. The SMILES string of the molecule is Cc1cn(C)nc1C(=O)N(Cc1ccccc1)c1nc2ccc(Cl)cc2s1. The van der Waals surface area contributed by atoms with Crippen LogP contribution in [0, 0.1) is 6.92 Å². The molecule has 0 bridgehead atoms. The molecule has 1 amide bonds. The van der Waals surface area contributed by atoms with Crippen molar-refractivity contribution in [3.05, 3.63) is 76.6 Å². The molecule has 0 radical (unpaired) electrons. The van der Waals surface area contributed by atoms with Gasteiger partial charge in [-0.1, -0.05) is 53.3 Å². The summed E-state index contributed by atoms with van der Waals surface area (Å²) in [4.78, 5) is 19.7. The zero-order valence-corrected chi connectivity index (χ0v) is 16.5. The highest BCUT2D eigenvalue weighted by Crippen LogP contribution is 2.32. The number of hydrogen-bond donors (Lipinski definition) is 0. The van der Waals surface area contributed by atoms with Crippen LogP contribution in [0.5, 0.6) is 0 Å². The van der Waals surface area contributed by atoms with Gasteiger partial charge in [-0.3, -0.25) is 14.4 Å².